The summed E-state index contributed by atoms with van der Waals surface area (Å²) in [4.78, 5) is 1.56. The van der Waals surface area contributed by atoms with Gasteiger partial charge in [-0.25, -0.2) is 0 Å². The number of unbranched alkanes of at least 4 members (excludes halogenated alkanes) is 11. The van der Waals surface area contributed by atoms with Crippen LogP contribution in [0.25, 0.3) is 0 Å². The third-order valence-electron chi connectivity index (χ3n) is 5.25. The number of hydrogen-bond acceptors (Lipinski definition) is 0. The van der Waals surface area contributed by atoms with Gasteiger partial charge in [0.05, 0.1) is 14.1 Å². The lowest BCUT2D eigenvalue weighted by molar-refractivity contribution is -0.892. The number of nitrogens with one attached hydrogen (secondary N) is 1. The molecule has 0 saturated carbocycles. The molecule has 0 aliphatic carbocycles. The average molecular weight is 368 g/mol. The Morgan fingerprint density at radius 3 is 1.56 bits per heavy atom. The van der Waals surface area contributed by atoms with Crippen molar-refractivity contribution in [2.24, 2.45) is 0 Å². The minimum absolute atomic E-state index is 0. The van der Waals surface area contributed by atoms with Crippen molar-refractivity contribution >= 4 is 0 Å². The molecule has 25 heavy (non-hydrogen) atoms. The molecule has 0 bridgehead atoms. The third-order valence-corrected chi connectivity index (χ3v) is 5.25. The molecule has 1 nitrogen and oxygen atoms in total. The highest BCUT2D eigenvalue weighted by molar-refractivity contribution is 5.16. The van der Waals surface area contributed by atoms with Crippen LogP contribution in [0, 0.1) is 0 Å². The smallest absolute Gasteiger partial charge is 0.113 e. The summed E-state index contributed by atoms with van der Waals surface area (Å²) in [5.41, 5.74) is 1.50. The maximum atomic E-state index is 2.29. The maximum absolute atomic E-state index is 2.29. The zero-order valence-corrected chi connectivity index (χ0v) is 17.8. The standard InChI is InChI=1S/C23H41N.ClH/c1-4-5-6-7-8-9-10-11-12-13-14-18-21-23(24(2)3)22-19-16-15-17-20-22;/h15-17,19-20,23H,4-14,18,21H2,1-3H3;1H. The molecule has 0 saturated heterocycles. The topological polar surface area (TPSA) is 4.44 Å². The van der Waals surface area contributed by atoms with E-state index in [-0.39, 0.29) is 12.4 Å². The van der Waals surface area contributed by atoms with Crippen molar-refractivity contribution in [2.75, 3.05) is 14.1 Å². The first-order chi connectivity index (χ1) is 11.8. The van der Waals surface area contributed by atoms with E-state index < -0.39 is 0 Å². The van der Waals surface area contributed by atoms with E-state index in [1.54, 1.807) is 4.90 Å². The first-order valence-corrected chi connectivity index (χ1v) is 10.6. The summed E-state index contributed by atoms with van der Waals surface area (Å²) in [6, 6.07) is 11.7. The SMILES string of the molecule is CCCCCCCCCCCCCCC(c1ccccc1)[NH+](C)C.[Cl-]. The highest BCUT2D eigenvalue weighted by Gasteiger charge is 2.16. The normalized spacial score (nSPS) is 12.2. The molecule has 0 spiro atoms. The van der Waals surface area contributed by atoms with Gasteiger partial charge in [0.25, 0.3) is 0 Å². The van der Waals surface area contributed by atoms with E-state index in [0.717, 1.165) is 0 Å². The van der Waals surface area contributed by atoms with Crippen LogP contribution >= 0.6 is 0 Å². The van der Waals surface area contributed by atoms with Gasteiger partial charge in [0, 0.05) is 12.0 Å². The van der Waals surface area contributed by atoms with Crippen molar-refractivity contribution in [1.29, 1.82) is 0 Å². The average Bonchev–Trinajstić information content (AvgIpc) is 2.59. The summed E-state index contributed by atoms with van der Waals surface area (Å²) in [6.45, 7) is 2.29. The molecule has 1 N–H and O–H groups in total. The molecular weight excluding hydrogens is 326 g/mol. The van der Waals surface area contributed by atoms with Gasteiger partial charge in [-0.2, -0.15) is 0 Å². The summed E-state index contributed by atoms with van der Waals surface area (Å²) in [7, 11) is 4.58. The Kier molecular flexibility index (Phi) is 16.6. The van der Waals surface area contributed by atoms with Gasteiger partial charge in [-0.1, -0.05) is 108 Å². The fourth-order valence-corrected chi connectivity index (χ4v) is 3.66. The summed E-state index contributed by atoms with van der Waals surface area (Å²) in [5, 5.41) is 0. The summed E-state index contributed by atoms with van der Waals surface area (Å²) in [6.07, 6.45) is 18.5. The number of halogens is 1. The first kappa shape index (κ1) is 24.5. The van der Waals surface area contributed by atoms with E-state index in [9.17, 15) is 0 Å². The summed E-state index contributed by atoms with van der Waals surface area (Å²) in [5.74, 6) is 0. The Hall–Kier alpha value is -0.530. The third kappa shape index (κ3) is 12.5. The van der Waals surface area contributed by atoms with Gasteiger partial charge in [-0.05, 0) is 6.42 Å². The number of hydrogen-bond donors (Lipinski definition) is 1. The molecule has 0 aliphatic rings. The number of quaternary nitrogens is 1. The highest BCUT2D eigenvalue weighted by atomic mass is 35.5. The second-order valence-corrected chi connectivity index (χ2v) is 7.72. The summed E-state index contributed by atoms with van der Waals surface area (Å²) < 4.78 is 0. The molecule has 0 radical (unpaired) electrons. The lowest BCUT2D eigenvalue weighted by atomic mass is 9.98. The molecule has 1 rings (SSSR count). The predicted molar refractivity (Wildman–Crippen MR) is 108 cm³/mol. The zero-order valence-electron chi connectivity index (χ0n) is 17.0. The van der Waals surface area contributed by atoms with E-state index in [4.69, 9.17) is 0 Å². The molecule has 0 aromatic heterocycles. The Labute approximate surface area is 164 Å². The van der Waals surface area contributed by atoms with Gasteiger partial charge in [-0.3, -0.25) is 0 Å². The molecular formula is C23H42ClN. The van der Waals surface area contributed by atoms with Crippen LogP contribution in [-0.4, -0.2) is 14.1 Å². The fourth-order valence-electron chi connectivity index (χ4n) is 3.66. The second-order valence-electron chi connectivity index (χ2n) is 7.72. The minimum atomic E-state index is 0. The largest absolute Gasteiger partial charge is 1.00 e. The molecule has 0 amide bonds. The fraction of sp³-hybridized carbons (Fsp3) is 0.739. The van der Waals surface area contributed by atoms with E-state index in [1.165, 1.54) is 89.0 Å². The molecule has 146 valence electrons. The van der Waals surface area contributed by atoms with E-state index in [1.807, 2.05) is 0 Å². The van der Waals surface area contributed by atoms with E-state index in [0.29, 0.717) is 6.04 Å². The zero-order chi connectivity index (χ0) is 17.5. The lowest BCUT2D eigenvalue weighted by Gasteiger charge is -2.21. The molecule has 1 aromatic rings. The molecule has 2 heteroatoms. The molecule has 0 heterocycles. The van der Waals surface area contributed by atoms with Crippen molar-refractivity contribution < 1.29 is 17.3 Å². The summed E-state index contributed by atoms with van der Waals surface area (Å²) >= 11 is 0. The minimum Gasteiger partial charge on any atom is -1.00 e. The van der Waals surface area contributed by atoms with Crippen LogP contribution in [0.2, 0.25) is 0 Å². The number of benzene rings is 1. The Morgan fingerprint density at radius 2 is 1.12 bits per heavy atom. The van der Waals surface area contributed by atoms with E-state index >= 15 is 0 Å². The molecule has 1 aromatic carbocycles. The van der Waals surface area contributed by atoms with Crippen molar-refractivity contribution in [1.82, 2.24) is 0 Å². The van der Waals surface area contributed by atoms with Gasteiger partial charge in [0.2, 0.25) is 0 Å². The van der Waals surface area contributed by atoms with Gasteiger partial charge in [0.1, 0.15) is 6.04 Å². The van der Waals surface area contributed by atoms with Crippen LogP contribution in [0.5, 0.6) is 0 Å². The highest BCUT2D eigenvalue weighted by Crippen LogP contribution is 2.18. The van der Waals surface area contributed by atoms with Crippen molar-refractivity contribution in [3.63, 3.8) is 0 Å². The molecule has 0 aliphatic heterocycles. The molecule has 0 fully saturated rings. The maximum Gasteiger partial charge on any atom is 0.113 e. The Bertz CT molecular complexity index is 377. The van der Waals surface area contributed by atoms with Gasteiger partial charge >= 0.3 is 0 Å². The Morgan fingerprint density at radius 1 is 0.680 bits per heavy atom. The van der Waals surface area contributed by atoms with Crippen molar-refractivity contribution in [3.8, 4) is 0 Å². The monoisotopic (exact) mass is 367 g/mol. The van der Waals surface area contributed by atoms with E-state index in [2.05, 4.69) is 51.4 Å². The van der Waals surface area contributed by atoms with Crippen LogP contribution in [0.4, 0.5) is 0 Å². The van der Waals surface area contributed by atoms with Crippen LogP contribution in [0.15, 0.2) is 30.3 Å². The van der Waals surface area contributed by atoms with Gasteiger partial charge in [0.15, 0.2) is 0 Å². The second kappa shape index (κ2) is 16.9. The van der Waals surface area contributed by atoms with Gasteiger partial charge in [-0.15, -0.1) is 0 Å². The lowest BCUT2D eigenvalue weighted by Crippen LogP contribution is -3.06. The molecule has 1 unspecified atom stereocenters. The number of rotatable bonds is 15. The van der Waals surface area contributed by atoms with Gasteiger partial charge < -0.3 is 17.3 Å². The Balaban J connectivity index is 0.00000576. The van der Waals surface area contributed by atoms with Crippen molar-refractivity contribution in [3.05, 3.63) is 35.9 Å². The van der Waals surface area contributed by atoms with Crippen LogP contribution < -0.4 is 17.3 Å². The molecule has 1 atom stereocenters. The van der Waals surface area contributed by atoms with Crippen molar-refractivity contribution in [2.45, 2.75) is 96.4 Å². The van der Waals surface area contributed by atoms with Crippen LogP contribution in [0.1, 0.15) is 102 Å². The first-order valence-electron chi connectivity index (χ1n) is 10.6. The quantitative estimate of drug-likeness (QED) is 0.454. The van der Waals surface area contributed by atoms with Crippen LogP contribution in [0.3, 0.4) is 0 Å². The predicted octanol–water partition coefficient (Wildman–Crippen LogP) is 2.97. The van der Waals surface area contributed by atoms with Crippen LogP contribution in [-0.2, 0) is 0 Å².